The van der Waals surface area contributed by atoms with E-state index in [1.165, 1.54) is 0 Å². The molecule has 0 saturated carbocycles. The van der Waals surface area contributed by atoms with E-state index in [1.807, 2.05) is 0 Å². The lowest BCUT2D eigenvalue weighted by Gasteiger charge is -2.27. The van der Waals surface area contributed by atoms with Crippen molar-refractivity contribution in [3.05, 3.63) is 205 Å². The summed E-state index contributed by atoms with van der Waals surface area (Å²) < 4.78 is 318. The fourth-order valence-electron chi connectivity index (χ4n) is 6.83. The number of thiophene rings is 1. The minimum atomic E-state index is -1.32. The lowest BCUT2D eigenvalue weighted by Crippen LogP contribution is -2.10. The summed E-state index contributed by atoms with van der Waals surface area (Å²) in [6, 6.07) is -34.5. The molecule has 0 amide bonds. The van der Waals surface area contributed by atoms with Gasteiger partial charge in [0.1, 0.15) is 11.2 Å². The predicted octanol–water partition coefficient (Wildman–Crippen LogP) is 15.9. The van der Waals surface area contributed by atoms with Crippen LogP contribution in [0.2, 0.25) is 0 Å². The third-order valence-electron chi connectivity index (χ3n) is 9.19. The van der Waals surface area contributed by atoms with Crippen LogP contribution < -0.4 is 4.90 Å². The van der Waals surface area contributed by atoms with Crippen molar-refractivity contribution in [2.45, 2.75) is 0 Å². The second-order valence-electron chi connectivity index (χ2n) is 12.3. The van der Waals surface area contributed by atoms with Crippen molar-refractivity contribution < 1.29 is 51.0 Å². The monoisotopic (exact) mass is 792 g/mol. The average Bonchev–Trinajstić information content (AvgIpc) is 1.52. The first kappa shape index (κ1) is 13.6. The van der Waals surface area contributed by atoms with Crippen LogP contribution in [0.15, 0.2) is 210 Å². The molecule has 3 nitrogen and oxygen atoms in total. The van der Waals surface area contributed by atoms with Crippen molar-refractivity contribution in [1.29, 1.82) is 0 Å². The summed E-state index contributed by atoms with van der Waals surface area (Å²) in [4.78, 5) is 0.409. The van der Waals surface area contributed by atoms with Crippen LogP contribution in [-0.4, -0.2) is 4.57 Å². The second-order valence-corrected chi connectivity index (χ2v) is 13.3. The Morgan fingerprint density at radius 2 is 1.12 bits per heavy atom. The normalized spacial score (nSPS) is 20.0. The van der Waals surface area contributed by atoms with Gasteiger partial charge in [0, 0.05) is 59.0 Å². The predicted molar refractivity (Wildman–Crippen MR) is 247 cm³/mol. The summed E-state index contributed by atoms with van der Waals surface area (Å²) in [6.45, 7) is 0. The van der Waals surface area contributed by atoms with E-state index in [1.54, 1.807) is 0 Å². The van der Waals surface area contributed by atoms with Crippen molar-refractivity contribution in [3.63, 3.8) is 0 Å². The Balaban J connectivity index is 1.32. The molecule has 0 fully saturated rings. The molecule has 0 radical (unpaired) electrons. The summed E-state index contributed by atoms with van der Waals surface area (Å²) in [5.74, 6) is 0. The quantitative estimate of drug-likeness (QED) is 0.167. The Labute approximate surface area is 386 Å². The van der Waals surface area contributed by atoms with E-state index in [9.17, 15) is 20.6 Å². The lowest BCUT2D eigenvalue weighted by molar-refractivity contribution is 0.670. The van der Waals surface area contributed by atoms with Crippen LogP contribution in [0.3, 0.4) is 0 Å². The molecule has 9 aromatic carbocycles. The standard InChI is InChI=1S/C54H34N2OS/c1-3-17-37(18-4-1)55(39-29-31-47-45(34-39)42-21-7-10-25-46(42)56(47)38-19-5-2-6-20-38)48-32-30-41(54-53(48)43-22-8-11-26-49(43)57-54)36-16-13-15-35(33-36)40-24-14-28-51-52(40)44-23-9-12-27-50(44)58-51/h1-34H/i1D,2D,3D,4D,5D,6D,7D,8D,9D,10D,11D,12D,13D,14D,15D,16D,17D,18D,19D,20D,21D,22D,23D,24D,25D,26D,27D,28D,29D,30D,31D,32D,33D,34D. The molecule has 0 saturated heterocycles. The van der Waals surface area contributed by atoms with Gasteiger partial charge in [-0.15, -0.1) is 11.3 Å². The van der Waals surface area contributed by atoms with Gasteiger partial charge in [-0.3, -0.25) is 0 Å². The molecule has 0 atom stereocenters. The van der Waals surface area contributed by atoms with Gasteiger partial charge in [0.15, 0.2) is 0 Å². The van der Waals surface area contributed by atoms with Gasteiger partial charge in [-0.2, -0.15) is 0 Å². The van der Waals surface area contributed by atoms with E-state index in [0.29, 0.717) is 20.8 Å². The molecule has 0 bridgehead atoms. The molecule has 4 heteroatoms. The van der Waals surface area contributed by atoms with Crippen molar-refractivity contribution in [1.82, 2.24) is 4.57 Å². The first-order valence-electron chi connectivity index (χ1n) is 33.9. The Kier molecular flexibility index (Phi) is 3.07. The first-order valence-corrected chi connectivity index (χ1v) is 17.7. The molecule has 0 unspecified atom stereocenters. The highest BCUT2D eigenvalue weighted by Crippen LogP contribution is 2.48. The topological polar surface area (TPSA) is 21.3 Å². The zero-order chi connectivity index (χ0) is 67.7. The van der Waals surface area contributed by atoms with E-state index in [-0.39, 0.29) is 20.2 Å². The molecule has 0 spiro atoms. The minimum absolute atomic E-state index is 0.185. The second kappa shape index (κ2) is 13.1. The highest BCUT2D eigenvalue weighted by Gasteiger charge is 2.24. The first-order chi connectivity index (χ1) is 42.9. The van der Waals surface area contributed by atoms with Crippen molar-refractivity contribution in [3.8, 4) is 27.9 Å². The minimum Gasteiger partial charge on any atom is -0.455 e. The summed E-state index contributed by atoms with van der Waals surface area (Å²) >= 11 is 0.613. The summed E-state index contributed by atoms with van der Waals surface area (Å²) in [5, 5.41) is -3.88. The van der Waals surface area contributed by atoms with E-state index in [0.717, 1.165) is 0 Å². The van der Waals surface area contributed by atoms with Crippen molar-refractivity contribution >= 4 is 92.3 Å². The van der Waals surface area contributed by atoms with Gasteiger partial charge in [0.2, 0.25) is 0 Å². The van der Waals surface area contributed by atoms with Gasteiger partial charge in [0.25, 0.3) is 0 Å². The number of hydrogen-bond donors (Lipinski definition) is 0. The maximum atomic E-state index is 10.3. The zero-order valence-corrected chi connectivity index (χ0v) is 29.5. The molecule has 3 aromatic heterocycles. The molecule has 0 aliphatic rings. The summed E-state index contributed by atoms with van der Waals surface area (Å²) in [5.41, 5.74) is -10.9. The highest BCUT2D eigenvalue weighted by molar-refractivity contribution is 7.25. The van der Waals surface area contributed by atoms with Crippen LogP contribution in [0.1, 0.15) is 46.6 Å². The van der Waals surface area contributed by atoms with Crippen LogP contribution in [0.4, 0.5) is 17.1 Å². The molecule has 3 heterocycles. The van der Waals surface area contributed by atoms with Crippen molar-refractivity contribution in [2.24, 2.45) is 0 Å². The number of rotatable bonds is 6. The summed E-state index contributed by atoms with van der Waals surface area (Å²) in [7, 11) is 0. The fraction of sp³-hybridized carbons (Fsp3) is 0. The summed E-state index contributed by atoms with van der Waals surface area (Å²) in [6.07, 6.45) is 0. The Bertz CT molecular complexity index is 5480. The van der Waals surface area contributed by atoms with Crippen LogP contribution >= 0.6 is 11.3 Å². The van der Waals surface area contributed by atoms with E-state index >= 15 is 0 Å². The number of aromatic nitrogens is 1. The SMILES string of the molecule is [2H]c1c([2H])c([2H])c(N(c2c([2H])c([2H])c3c(c2[2H])c2c([2H])c([2H])c([2H])c([2H])c2n3-c2c([2H])c([2H])c([2H])c([2H])c2[2H])c2c([2H])c([2H])c(-c3c([2H])c([2H])c([2H])c(-c4c([2H])c([2H])c([2H])c5sc6c([2H])c([2H])c([2H])c([2H])c6c45)c3[2H])c3oc4c([2H])c([2H])c([2H])c([2H])c4c23)c([2H])c1[2H]. The smallest absolute Gasteiger partial charge is 0.145 e. The lowest BCUT2D eigenvalue weighted by atomic mass is 9.94. The molecule has 58 heavy (non-hydrogen) atoms. The fourth-order valence-corrected chi connectivity index (χ4v) is 7.80. The molecular weight excluding hydrogens is 725 g/mol. The third kappa shape index (κ3) is 5.05. The molecule has 12 aromatic rings. The molecule has 12 rings (SSSR count). The van der Waals surface area contributed by atoms with Crippen LogP contribution in [0.5, 0.6) is 0 Å². The number of nitrogens with zero attached hydrogens (tertiary/aromatic N) is 2. The number of hydrogen-bond acceptors (Lipinski definition) is 3. The van der Waals surface area contributed by atoms with Crippen LogP contribution in [0, 0.1) is 0 Å². The molecule has 272 valence electrons. The van der Waals surface area contributed by atoms with Crippen LogP contribution in [-0.2, 0) is 0 Å². The highest BCUT2D eigenvalue weighted by atomic mass is 32.1. The van der Waals surface area contributed by atoms with E-state index in [4.69, 9.17) is 30.5 Å². The van der Waals surface area contributed by atoms with Gasteiger partial charge in [-0.1, -0.05) is 121 Å². The van der Waals surface area contributed by atoms with Gasteiger partial charge < -0.3 is 13.9 Å². The molecule has 0 N–H and O–H groups in total. The number of fused-ring (bicyclic) bond motifs is 9. The van der Waals surface area contributed by atoms with E-state index in [2.05, 4.69) is 0 Å². The maximum absolute atomic E-state index is 10.3. The number of furan rings is 1. The van der Waals surface area contributed by atoms with Gasteiger partial charge >= 0.3 is 0 Å². The number of anilines is 3. The van der Waals surface area contributed by atoms with E-state index < -0.39 is 294 Å². The Morgan fingerprint density at radius 3 is 1.98 bits per heavy atom. The zero-order valence-electron chi connectivity index (χ0n) is 62.7. The largest absolute Gasteiger partial charge is 0.455 e. The Morgan fingerprint density at radius 1 is 0.448 bits per heavy atom. The molecular formula is C54H34N2OS. The van der Waals surface area contributed by atoms with Crippen LogP contribution in [0.25, 0.3) is 91.9 Å². The molecule has 0 aliphatic carbocycles. The Hall–Kier alpha value is -7.40. The van der Waals surface area contributed by atoms with Crippen molar-refractivity contribution in [2.75, 3.05) is 4.90 Å². The number of para-hydroxylation sites is 4. The molecule has 0 aliphatic heterocycles. The van der Waals surface area contributed by atoms with Gasteiger partial charge in [-0.05, 0) is 101 Å². The number of benzene rings is 9. The average molecular weight is 793 g/mol. The van der Waals surface area contributed by atoms with Gasteiger partial charge in [0.05, 0.1) is 68.7 Å². The van der Waals surface area contributed by atoms with Gasteiger partial charge in [-0.25, -0.2) is 0 Å². The maximum Gasteiger partial charge on any atom is 0.145 e. The third-order valence-corrected chi connectivity index (χ3v) is 10.2.